The fraction of sp³-hybridized carbons (Fsp3) is 1.00. The van der Waals surface area contributed by atoms with Gasteiger partial charge in [0.1, 0.15) is 0 Å². The number of nitrogens with zero attached hydrogens (tertiary/aromatic N) is 1. The summed E-state index contributed by atoms with van der Waals surface area (Å²) in [7, 11) is 2.24. The molecule has 17 heavy (non-hydrogen) atoms. The highest BCUT2D eigenvalue weighted by molar-refractivity contribution is 4.94. The van der Waals surface area contributed by atoms with E-state index >= 15 is 0 Å². The van der Waals surface area contributed by atoms with Crippen LogP contribution in [0.2, 0.25) is 0 Å². The molecular formula is C13H26N2O2. The van der Waals surface area contributed by atoms with Crippen molar-refractivity contribution in [3.63, 3.8) is 0 Å². The maximum atomic E-state index is 6.09. The van der Waals surface area contributed by atoms with Crippen LogP contribution in [0.1, 0.15) is 32.1 Å². The van der Waals surface area contributed by atoms with Gasteiger partial charge in [0.25, 0.3) is 0 Å². The first-order chi connectivity index (χ1) is 8.28. The van der Waals surface area contributed by atoms with Crippen molar-refractivity contribution in [1.29, 1.82) is 0 Å². The summed E-state index contributed by atoms with van der Waals surface area (Å²) in [5.41, 5.74) is 6.24. The number of nitrogens with two attached hydrogens (primary N) is 1. The van der Waals surface area contributed by atoms with Crippen LogP contribution in [0.25, 0.3) is 0 Å². The van der Waals surface area contributed by atoms with Crippen LogP contribution in [0.4, 0.5) is 0 Å². The maximum absolute atomic E-state index is 6.09. The molecule has 0 saturated carbocycles. The van der Waals surface area contributed by atoms with E-state index in [1.165, 1.54) is 0 Å². The van der Waals surface area contributed by atoms with Gasteiger partial charge >= 0.3 is 0 Å². The molecule has 2 aliphatic rings. The van der Waals surface area contributed by atoms with Gasteiger partial charge in [0, 0.05) is 44.6 Å². The second-order valence-electron chi connectivity index (χ2n) is 5.35. The minimum Gasteiger partial charge on any atom is -0.381 e. The van der Waals surface area contributed by atoms with Crippen molar-refractivity contribution < 1.29 is 9.47 Å². The van der Waals surface area contributed by atoms with Crippen molar-refractivity contribution in [1.82, 2.24) is 4.90 Å². The standard InChI is InChI=1S/C13H26N2O2/c1-15(12-3-8-17-9-4-12)13(11-14)5-2-7-16-10-6-13/h12H,2-11,14H2,1H3. The molecule has 0 aromatic heterocycles. The van der Waals surface area contributed by atoms with Crippen LogP contribution in [0.15, 0.2) is 0 Å². The molecule has 0 bridgehead atoms. The van der Waals surface area contributed by atoms with Gasteiger partial charge in [-0.25, -0.2) is 0 Å². The molecule has 4 nitrogen and oxygen atoms in total. The Labute approximate surface area is 104 Å². The molecule has 0 radical (unpaired) electrons. The Morgan fingerprint density at radius 2 is 1.82 bits per heavy atom. The third-order valence-corrected chi connectivity index (χ3v) is 4.51. The lowest BCUT2D eigenvalue weighted by atomic mass is 9.86. The Kier molecular flexibility index (Phi) is 4.79. The van der Waals surface area contributed by atoms with E-state index < -0.39 is 0 Å². The molecule has 2 heterocycles. The Bertz CT molecular complexity index is 221. The molecule has 2 rings (SSSR count). The van der Waals surface area contributed by atoms with Gasteiger partial charge in [-0.15, -0.1) is 0 Å². The predicted molar refractivity (Wildman–Crippen MR) is 68.1 cm³/mol. The lowest BCUT2D eigenvalue weighted by molar-refractivity contribution is -0.00950. The summed E-state index contributed by atoms with van der Waals surface area (Å²) < 4.78 is 11.0. The topological polar surface area (TPSA) is 47.7 Å². The molecule has 0 aromatic carbocycles. The lowest BCUT2D eigenvalue weighted by Crippen LogP contribution is -2.57. The van der Waals surface area contributed by atoms with E-state index in [1.807, 2.05) is 0 Å². The first kappa shape index (κ1) is 13.3. The molecular weight excluding hydrogens is 216 g/mol. The summed E-state index contributed by atoms with van der Waals surface area (Å²) in [6.45, 7) is 4.27. The number of ether oxygens (including phenoxy) is 2. The van der Waals surface area contributed by atoms with E-state index in [4.69, 9.17) is 15.2 Å². The highest BCUT2D eigenvalue weighted by Crippen LogP contribution is 2.30. The third-order valence-electron chi connectivity index (χ3n) is 4.51. The van der Waals surface area contributed by atoms with Crippen molar-refractivity contribution in [3.05, 3.63) is 0 Å². The molecule has 1 unspecified atom stereocenters. The van der Waals surface area contributed by atoms with Crippen LogP contribution < -0.4 is 5.73 Å². The molecule has 1 atom stereocenters. The average Bonchev–Trinajstić information content (AvgIpc) is 2.65. The maximum Gasteiger partial charge on any atom is 0.0484 e. The zero-order valence-corrected chi connectivity index (χ0v) is 11.0. The highest BCUT2D eigenvalue weighted by Gasteiger charge is 2.37. The first-order valence-electron chi connectivity index (χ1n) is 6.87. The quantitative estimate of drug-likeness (QED) is 0.802. The Morgan fingerprint density at radius 1 is 1.12 bits per heavy atom. The van der Waals surface area contributed by atoms with Gasteiger partial charge in [0.05, 0.1) is 0 Å². The Morgan fingerprint density at radius 3 is 2.53 bits per heavy atom. The van der Waals surface area contributed by atoms with E-state index in [2.05, 4.69) is 11.9 Å². The summed E-state index contributed by atoms with van der Waals surface area (Å²) >= 11 is 0. The second-order valence-corrected chi connectivity index (χ2v) is 5.35. The number of hydrogen-bond acceptors (Lipinski definition) is 4. The molecule has 0 aliphatic carbocycles. The Hall–Kier alpha value is -0.160. The third kappa shape index (κ3) is 2.99. The molecule has 0 amide bonds. The van der Waals surface area contributed by atoms with Crippen LogP contribution in [0.3, 0.4) is 0 Å². The van der Waals surface area contributed by atoms with E-state index in [9.17, 15) is 0 Å². The average molecular weight is 242 g/mol. The number of hydrogen-bond donors (Lipinski definition) is 1. The van der Waals surface area contributed by atoms with Crippen LogP contribution in [-0.2, 0) is 9.47 Å². The number of likely N-dealkylation sites (N-methyl/N-ethyl adjacent to an activating group) is 1. The van der Waals surface area contributed by atoms with Crippen LogP contribution >= 0.6 is 0 Å². The van der Waals surface area contributed by atoms with Crippen molar-refractivity contribution in [2.24, 2.45) is 5.73 Å². The van der Waals surface area contributed by atoms with Gasteiger partial charge in [-0.2, -0.15) is 0 Å². The molecule has 2 saturated heterocycles. The zero-order chi connectivity index (χ0) is 12.1. The van der Waals surface area contributed by atoms with Crippen LogP contribution in [-0.4, -0.2) is 56.5 Å². The normalized spacial score (nSPS) is 32.6. The van der Waals surface area contributed by atoms with E-state index in [0.717, 1.165) is 65.1 Å². The number of rotatable bonds is 3. The van der Waals surface area contributed by atoms with E-state index in [0.29, 0.717) is 6.04 Å². The van der Waals surface area contributed by atoms with Gasteiger partial charge in [0.15, 0.2) is 0 Å². The van der Waals surface area contributed by atoms with Crippen LogP contribution in [0.5, 0.6) is 0 Å². The molecule has 2 aliphatic heterocycles. The molecule has 2 fully saturated rings. The van der Waals surface area contributed by atoms with Crippen molar-refractivity contribution in [3.8, 4) is 0 Å². The smallest absolute Gasteiger partial charge is 0.0484 e. The molecule has 100 valence electrons. The minimum atomic E-state index is 0.151. The van der Waals surface area contributed by atoms with Crippen molar-refractivity contribution in [2.75, 3.05) is 40.0 Å². The Balaban J connectivity index is 2.03. The lowest BCUT2D eigenvalue weighted by Gasteiger charge is -2.46. The van der Waals surface area contributed by atoms with Crippen LogP contribution in [0, 0.1) is 0 Å². The van der Waals surface area contributed by atoms with Gasteiger partial charge < -0.3 is 15.2 Å². The van der Waals surface area contributed by atoms with Crippen molar-refractivity contribution in [2.45, 2.75) is 43.7 Å². The van der Waals surface area contributed by atoms with Gasteiger partial charge in [-0.05, 0) is 39.2 Å². The van der Waals surface area contributed by atoms with E-state index in [1.54, 1.807) is 0 Å². The molecule has 4 heteroatoms. The summed E-state index contributed by atoms with van der Waals surface area (Å²) in [5.74, 6) is 0. The predicted octanol–water partition coefficient (Wildman–Crippen LogP) is 0.995. The summed E-state index contributed by atoms with van der Waals surface area (Å²) in [4.78, 5) is 2.53. The van der Waals surface area contributed by atoms with Gasteiger partial charge in [-0.3, -0.25) is 4.90 Å². The summed E-state index contributed by atoms with van der Waals surface area (Å²) in [6.07, 6.45) is 5.64. The molecule has 0 spiro atoms. The summed E-state index contributed by atoms with van der Waals surface area (Å²) in [6, 6.07) is 0.630. The monoisotopic (exact) mass is 242 g/mol. The summed E-state index contributed by atoms with van der Waals surface area (Å²) in [5, 5.41) is 0. The van der Waals surface area contributed by atoms with E-state index in [-0.39, 0.29) is 5.54 Å². The largest absolute Gasteiger partial charge is 0.381 e. The second kappa shape index (κ2) is 6.14. The van der Waals surface area contributed by atoms with Crippen molar-refractivity contribution >= 4 is 0 Å². The SMILES string of the molecule is CN(C1CCOCC1)C1(CN)CCCOCC1. The fourth-order valence-corrected chi connectivity index (χ4v) is 3.15. The zero-order valence-electron chi connectivity index (χ0n) is 11.0. The van der Waals surface area contributed by atoms with Gasteiger partial charge in [0.2, 0.25) is 0 Å². The minimum absolute atomic E-state index is 0.151. The fourth-order valence-electron chi connectivity index (χ4n) is 3.15. The van der Waals surface area contributed by atoms with Gasteiger partial charge in [-0.1, -0.05) is 0 Å². The first-order valence-corrected chi connectivity index (χ1v) is 6.87. The highest BCUT2D eigenvalue weighted by atomic mass is 16.5. The molecule has 2 N–H and O–H groups in total. The molecule has 0 aromatic rings.